The molecular formula is C23H21FN4O. The van der Waals surface area contributed by atoms with Gasteiger partial charge in [0.25, 0.3) is 5.91 Å². The second-order valence-electron chi connectivity index (χ2n) is 6.88. The van der Waals surface area contributed by atoms with Gasteiger partial charge in [0.2, 0.25) is 0 Å². The standard InChI is InChI=1S/C23H21FN4O/c1-2-27(15-18-6-5-7-20(24)14-18)23(29)19-12-10-17(11-13-19)16-28-22-9-4-3-8-21(22)25-26-28/h3-14H,2,15-16H2,1H3. The number of amides is 1. The second kappa shape index (κ2) is 8.22. The molecule has 0 aliphatic carbocycles. The van der Waals surface area contributed by atoms with Crippen molar-refractivity contribution in [2.24, 2.45) is 0 Å². The predicted octanol–water partition coefficient (Wildman–Crippen LogP) is 4.28. The van der Waals surface area contributed by atoms with E-state index in [1.54, 1.807) is 11.0 Å². The maximum Gasteiger partial charge on any atom is 0.254 e. The number of carbonyl (C=O) groups is 1. The smallest absolute Gasteiger partial charge is 0.254 e. The Balaban J connectivity index is 1.48. The van der Waals surface area contributed by atoms with Crippen LogP contribution >= 0.6 is 0 Å². The largest absolute Gasteiger partial charge is 0.335 e. The summed E-state index contributed by atoms with van der Waals surface area (Å²) in [5, 5.41) is 8.37. The number of rotatable bonds is 6. The van der Waals surface area contributed by atoms with E-state index in [2.05, 4.69) is 10.3 Å². The van der Waals surface area contributed by atoms with Crippen molar-refractivity contribution in [2.75, 3.05) is 6.54 Å². The van der Waals surface area contributed by atoms with E-state index in [1.807, 2.05) is 66.2 Å². The van der Waals surface area contributed by atoms with Crippen LogP contribution in [-0.4, -0.2) is 32.3 Å². The highest BCUT2D eigenvalue weighted by Crippen LogP contribution is 2.15. The van der Waals surface area contributed by atoms with Crippen LogP contribution in [0.15, 0.2) is 72.8 Å². The van der Waals surface area contributed by atoms with Crippen LogP contribution in [0.2, 0.25) is 0 Å². The molecule has 0 aliphatic heterocycles. The molecule has 0 aliphatic rings. The van der Waals surface area contributed by atoms with E-state index >= 15 is 0 Å². The van der Waals surface area contributed by atoms with E-state index in [0.717, 1.165) is 22.2 Å². The number of para-hydroxylation sites is 1. The molecule has 0 radical (unpaired) electrons. The van der Waals surface area contributed by atoms with Crippen molar-refractivity contribution in [3.63, 3.8) is 0 Å². The van der Waals surface area contributed by atoms with Gasteiger partial charge in [-0.1, -0.05) is 41.6 Å². The minimum atomic E-state index is -0.295. The summed E-state index contributed by atoms with van der Waals surface area (Å²) in [4.78, 5) is 14.6. The molecule has 5 nitrogen and oxygen atoms in total. The molecule has 4 aromatic rings. The van der Waals surface area contributed by atoms with Crippen LogP contribution in [0, 0.1) is 5.82 Å². The zero-order valence-corrected chi connectivity index (χ0v) is 16.1. The highest BCUT2D eigenvalue weighted by molar-refractivity contribution is 5.94. The number of nitrogens with zero attached hydrogens (tertiary/aromatic N) is 4. The van der Waals surface area contributed by atoms with Gasteiger partial charge in [-0.05, 0) is 54.4 Å². The number of carbonyl (C=O) groups excluding carboxylic acids is 1. The Kier molecular flexibility index (Phi) is 5.33. The van der Waals surface area contributed by atoms with Crippen LogP contribution < -0.4 is 0 Å². The molecule has 0 bridgehead atoms. The van der Waals surface area contributed by atoms with Crippen LogP contribution in [0.3, 0.4) is 0 Å². The van der Waals surface area contributed by atoms with Gasteiger partial charge in [0.15, 0.2) is 0 Å². The minimum absolute atomic E-state index is 0.0745. The average molecular weight is 388 g/mol. The fourth-order valence-electron chi connectivity index (χ4n) is 3.33. The molecule has 0 atom stereocenters. The topological polar surface area (TPSA) is 51.0 Å². The van der Waals surface area contributed by atoms with E-state index < -0.39 is 0 Å². The number of aromatic nitrogens is 3. The lowest BCUT2D eigenvalue weighted by Gasteiger charge is -2.21. The summed E-state index contributed by atoms with van der Waals surface area (Å²) in [5.41, 5.74) is 4.24. The zero-order valence-electron chi connectivity index (χ0n) is 16.1. The fraction of sp³-hybridized carbons (Fsp3) is 0.174. The first kappa shape index (κ1) is 18.8. The molecule has 146 valence electrons. The number of benzene rings is 3. The zero-order chi connectivity index (χ0) is 20.2. The maximum atomic E-state index is 13.4. The highest BCUT2D eigenvalue weighted by Gasteiger charge is 2.15. The third-order valence-corrected chi connectivity index (χ3v) is 4.88. The van der Waals surface area contributed by atoms with E-state index in [9.17, 15) is 9.18 Å². The van der Waals surface area contributed by atoms with Crippen LogP contribution in [0.25, 0.3) is 11.0 Å². The van der Waals surface area contributed by atoms with Gasteiger partial charge >= 0.3 is 0 Å². The van der Waals surface area contributed by atoms with Gasteiger partial charge in [0, 0.05) is 18.7 Å². The Morgan fingerprint density at radius 3 is 2.55 bits per heavy atom. The van der Waals surface area contributed by atoms with Crippen molar-refractivity contribution in [2.45, 2.75) is 20.0 Å². The lowest BCUT2D eigenvalue weighted by atomic mass is 10.1. The maximum absolute atomic E-state index is 13.4. The first-order chi connectivity index (χ1) is 14.1. The number of fused-ring (bicyclic) bond motifs is 1. The van der Waals surface area contributed by atoms with E-state index in [1.165, 1.54) is 12.1 Å². The van der Waals surface area contributed by atoms with Crippen molar-refractivity contribution in [1.29, 1.82) is 0 Å². The third kappa shape index (κ3) is 4.16. The summed E-state index contributed by atoms with van der Waals surface area (Å²) in [6.45, 7) is 3.42. The molecule has 0 fully saturated rings. The molecule has 0 N–H and O–H groups in total. The Labute approximate surface area is 168 Å². The van der Waals surface area contributed by atoms with Crippen molar-refractivity contribution >= 4 is 16.9 Å². The Morgan fingerprint density at radius 1 is 1.00 bits per heavy atom. The summed E-state index contributed by atoms with van der Waals surface area (Å²) in [5.74, 6) is -0.370. The predicted molar refractivity (Wildman–Crippen MR) is 110 cm³/mol. The summed E-state index contributed by atoms with van der Waals surface area (Å²) < 4.78 is 15.3. The number of halogens is 1. The molecule has 0 saturated carbocycles. The molecular weight excluding hydrogens is 367 g/mol. The van der Waals surface area contributed by atoms with Gasteiger partial charge in [0.1, 0.15) is 11.3 Å². The molecule has 3 aromatic carbocycles. The number of hydrogen-bond donors (Lipinski definition) is 0. The van der Waals surface area contributed by atoms with Crippen LogP contribution in [0.4, 0.5) is 4.39 Å². The molecule has 1 amide bonds. The molecule has 4 rings (SSSR count). The molecule has 1 aromatic heterocycles. The monoisotopic (exact) mass is 388 g/mol. The number of hydrogen-bond acceptors (Lipinski definition) is 3. The van der Waals surface area contributed by atoms with Gasteiger partial charge in [-0.25, -0.2) is 9.07 Å². The quantitative estimate of drug-likeness (QED) is 0.495. The van der Waals surface area contributed by atoms with E-state index in [-0.39, 0.29) is 11.7 Å². The Bertz CT molecular complexity index is 1140. The van der Waals surface area contributed by atoms with Crippen molar-refractivity contribution in [3.8, 4) is 0 Å². The molecule has 6 heteroatoms. The normalized spacial score (nSPS) is 11.0. The first-order valence-electron chi connectivity index (χ1n) is 9.55. The van der Waals surface area contributed by atoms with Gasteiger partial charge in [0.05, 0.1) is 12.1 Å². The first-order valence-corrected chi connectivity index (χ1v) is 9.55. The summed E-state index contributed by atoms with van der Waals surface area (Å²) in [6.07, 6.45) is 0. The fourth-order valence-corrected chi connectivity index (χ4v) is 3.33. The lowest BCUT2D eigenvalue weighted by Crippen LogP contribution is -2.30. The van der Waals surface area contributed by atoms with Crippen LogP contribution in [-0.2, 0) is 13.1 Å². The molecule has 0 unspecified atom stereocenters. The summed E-state index contributed by atoms with van der Waals surface area (Å²) in [7, 11) is 0. The molecule has 1 heterocycles. The van der Waals surface area contributed by atoms with Gasteiger partial charge < -0.3 is 4.90 Å². The van der Waals surface area contributed by atoms with Crippen molar-refractivity contribution in [1.82, 2.24) is 19.9 Å². The van der Waals surface area contributed by atoms with Gasteiger partial charge in [-0.2, -0.15) is 0 Å². The van der Waals surface area contributed by atoms with Crippen molar-refractivity contribution in [3.05, 3.63) is 95.3 Å². The summed E-state index contributed by atoms with van der Waals surface area (Å²) in [6, 6.07) is 21.7. The minimum Gasteiger partial charge on any atom is -0.335 e. The molecule has 0 saturated heterocycles. The van der Waals surface area contributed by atoms with E-state index in [0.29, 0.717) is 25.2 Å². The second-order valence-corrected chi connectivity index (χ2v) is 6.88. The summed E-state index contributed by atoms with van der Waals surface area (Å²) >= 11 is 0. The SMILES string of the molecule is CCN(Cc1cccc(F)c1)C(=O)c1ccc(Cn2nnc3ccccc32)cc1. The highest BCUT2D eigenvalue weighted by atomic mass is 19.1. The average Bonchev–Trinajstić information content (AvgIpc) is 3.15. The van der Waals surface area contributed by atoms with E-state index in [4.69, 9.17) is 0 Å². The lowest BCUT2D eigenvalue weighted by molar-refractivity contribution is 0.0752. The van der Waals surface area contributed by atoms with Crippen molar-refractivity contribution < 1.29 is 9.18 Å². The van der Waals surface area contributed by atoms with Crippen LogP contribution in [0.1, 0.15) is 28.4 Å². The Morgan fingerprint density at radius 2 is 1.79 bits per heavy atom. The van der Waals surface area contributed by atoms with Crippen LogP contribution in [0.5, 0.6) is 0 Å². The third-order valence-electron chi connectivity index (χ3n) is 4.88. The molecule has 0 spiro atoms. The molecule has 29 heavy (non-hydrogen) atoms. The van der Waals surface area contributed by atoms with Gasteiger partial charge in [-0.3, -0.25) is 4.79 Å². The van der Waals surface area contributed by atoms with Gasteiger partial charge in [-0.15, -0.1) is 5.10 Å². The Hall–Kier alpha value is -3.54.